The Morgan fingerprint density at radius 1 is 0.660 bits per heavy atom. The number of aliphatic hydroxyl groups is 1. The van der Waals surface area contributed by atoms with Crippen molar-refractivity contribution < 1.29 is 28.8 Å². The van der Waals surface area contributed by atoms with Gasteiger partial charge in [-0.15, -0.1) is 0 Å². The highest BCUT2D eigenvalue weighted by Gasteiger charge is 2.34. The Hall–Kier alpha value is -5.72. The molecule has 5 aromatic rings. The van der Waals surface area contributed by atoms with Crippen LogP contribution in [0.3, 0.4) is 0 Å². The van der Waals surface area contributed by atoms with Crippen molar-refractivity contribution in [2.24, 2.45) is 0 Å². The number of hydrogen-bond acceptors (Lipinski definition) is 6. The predicted molar refractivity (Wildman–Crippen MR) is 195 cm³/mol. The summed E-state index contributed by atoms with van der Waals surface area (Å²) in [6.45, 7) is 7.54. The van der Waals surface area contributed by atoms with E-state index < -0.39 is 12.2 Å². The van der Waals surface area contributed by atoms with Crippen molar-refractivity contribution in [3.8, 4) is 11.5 Å². The molecule has 1 fully saturated rings. The normalized spacial score (nSPS) is 17.4. The zero-order chi connectivity index (χ0) is 34.5. The summed E-state index contributed by atoms with van der Waals surface area (Å²) in [6, 6.07) is 45.5. The summed E-state index contributed by atoms with van der Waals surface area (Å²) in [6.07, 6.45) is 0.511. The van der Waals surface area contributed by atoms with Crippen LogP contribution in [0.25, 0.3) is 0 Å². The lowest BCUT2D eigenvalue weighted by Crippen LogP contribution is -2.28. The number of ether oxygens (including phenoxy) is 5. The molecular formula is C44H42O6. The fraction of sp³-hybridized carbons (Fsp3) is 0.182. The Labute approximate surface area is 294 Å². The van der Waals surface area contributed by atoms with Gasteiger partial charge in [-0.1, -0.05) is 134 Å². The minimum atomic E-state index is -0.867. The SMILES string of the molecule is C=C(C=C1OC(c2ccc(OCc3ccccc3)c(OCc3ccccc3)c2)C(O)CC1=C(C)OCc1ccccc1)OCc1ccccc1. The fourth-order valence-electron chi connectivity index (χ4n) is 5.63. The summed E-state index contributed by atoms with van der Waals surface area (Å²) in [4.78, 5) is 0. The largest absolute Gasteiger partial charge is 0.493 e. The van der Waals surface area contributed by atoms with Crippen LogP contribution in [0, 0.1) is 0 Å². The average Bonchev–Trinajstić information content (AvgIpc) is 3.17. The molecule has 6 nitrogen and oxygen atoms in total. The number of allylic oxidation sites excluding steroid dienone is 3. The van der Waals surface area contributed by atoms with E-state index in [2.05, 4.69) is 6.58 Å². The minimum Gasteiger partial charge on any atom is -0.493 e. The molecule has 50 heavy (non-hydrogen) atoms. The molecule has 0 radical (unpaired) electrons. The van der Waals surface area contributed by atoms with Gasteiger partial charge >= 0.3 is 0 Å². The lowest BCUT2D eigenvalue weighted by molar-refractivity contribution is -0.0248. The first-order valence-corrected chi connectivity index (χ1v) is 16.8. The first kappa shape index (κ1) is 34.2. The quantitative estimate of drug-likeness (QED) is 0.119. The molecule has 5 aromatic carbocycles. The van der Waals surface area contributed by atoms with Gasteiger partial charge in [-0.3, -0.25) is 0 Å². The van der Waals surface area contributed by atoms with Crippen LogP contribution in [-0.2, 0) is 40.6 Å². The Kier molecular flexibility index (Phi) is 11.7. The monoisotopic (exact) mass is 666 g/mol. The van der Waals surface area contributed by atoms with Crippen LogP contribution in [0.1, 0.15) is 47.3 Å². The molecule has 1 aliphatic heterocycles. The number of benzene rings is 5. The lowest BCUT2D eigenvalue weighted by atomic mass is 9.92. The maximum atomic E-state index is 11.6. The third-order valence-corrected chi connectivity index (χ3v) is 8.37. The standard InChI is InChI=1S/C44H42O6/c1-32(46-28-34-15-7-3-8-16-34)25-42-39(33(2)47-29-35-17-9-4-10-18-35)27-40(45)44(50-42)38-23-24-41(48-30-36-19-11-5-12-20-36)43(26-38)49-31-37-21-13-6-14-22-37/h3-26,40,44-45H,1,27-31H2,2H3. The summed E-state index contributed by atoms with van der Waals surface area (Å²) >= 11 is 0. The van der Waals surface area contributed by atoms with E-state index in [0.29, 0.717) is 61.6 Å². The number of hydrogen-bond donors (Lipinski definition) is 1. The molecule has 0 spiro atoms. The highest BCUT2D eigenvalue weighted by molar-refractivity contribution is 5.46. The number of rotatable bonds is 14. The van der Waals surface area contributed by atoms with Crippen LogP contribution in [0.4, 0.5) is 0 Å². The van der Waals surface area contributed by atoms with E-state index >= 15 is 0 Å². The third-order valence-electron chi connectivity index (χ3n) is 8.37. The molecule has 254 valence electrons. The zero-order valence-corrected chi connectivity index (χ0v) is 28.2. The van der Waals surface area contributed by atoms with Gasteiger partial charge in [-0.05, 0) is 46.9 Å². The van der Waals surface area contributed by atoms with Gasteiger partial charge in [0.25, 0.3) is 0 Å². The van der Waals surface area contributed by atoms with Gasteiger partial charge in [0.15, 0.2) is 11.5 Å². The molecule has 0 aliphatic carbocycles. The Balaban J connectivity index is 1.26. The second-order valence-electron chi connectivity index (χ2n) is 12.1. The fourth-order valence-corrected chi connectivity index (χ4v) is 5.63. The number of aliphatic hydroxyl groups excluding tert-OH is 1. The van der Waals surface area contributed by atoms with Crippen molar-refractivity contribution in [3.63, 3.8) is 0 Å². The molecule has 1 aliphatic rings. The molecule has 0 aromatic heterocycles. The van der Waals surface area contributed by atoms with Crippen molar-refractivity contribution in [2.45, 2.75) is 52.0 Å². The van der Waals surface area contributed by atoms with Gasteiger partial charge in [-0.2, -0.15) is 0 Å². The van der Waals surface area contributed by atoms with E-state index in [0.717, 1.165) is 33.4 Å². The Morgan fingerprint density at radius 3 is 1.68 bits per heavy atom. The van der Waals surface area contributed by atoms with Crippen LogP contribution in [0.5, 0.6) is 11.5 Å². The predicted octanol–water partition coefficient (Wildman–Crippen LogP) is 9.77. The summed E-state index contributed by atoms with van der Waals surface area (Å²) in [7, 11) is 0. The molecule has 1 saturated heterocycles. The van der Waals surface area contributed by atoms with Crippen LogP contribution < -0.4 is 9.47 Å². The van der Waals surface area contributed by atoms with Crippen LogP contribution in [-0.4, -0.2) is 11.2 Å². The van der Waals surface area contributed by atoms with E-state index in [1.54, 1.807) is 6.08 Å². The Morgan fingerprint density at radius 2 is 1.14 bits per heavy atom. The smallest absolute Gasteiger partial charge is 0.162 e. The third kappa shape index (κ3) is 9.46. The first-order chi connectivity index (χ1) is 24.5. The second kappa shape index (κ2) is 17.1. The van der Waals surface area contributed by atoms with Crippen molar-refractivity contribution in [3.05, 3.63) is 203 Å². The maximum absolute atomic E-state index is 11.6. The molecule has 2 atom stereocenters. The summed E-state index contributed by atoms with van der Waals surface area (Å²) in [5.41, 5.74) is 5.64. The van der Waals surface area contributed by atoms with E-state index in [-0.39, 0.29) is 0 Å². The highest BCUT2D eigenvalue weighted by atomic mass is 16.5. The van der Waals surface area contributed by atoms with E-state index in [1.165, 1.54) is 0 Å². The molecule has 0 amide bonds. The van der Waals surface area contributed by atoms with E-state index in [4.69, 9.17) is 23.7 Å². The molecule has 1 N–H and O–H groups in total. The molecule has 0 saturated carbocycles. The summed E-state index contributed by atoms with van der Waals surface area (Å²) in [5, 5.41) is 11.6. The topological polar surface area (TPSA) is 66.4 Å². The summed E-state index contributed by atoms with van der Waals surface area (Å²) < 4.78 is 31.4. The molecule has 1 heterocycles. The molecule has 6 heteroatoms. The lowest BCUT2D eigenvalue weighted by Gasteiger charge is -2.34. The first-order valence-electron chi connectivity index (χ1n) is 16.8. The van der Waals surface area contributed by atoms with Gasteiger partial charge in [-0.25, -0.2) is 0 Å². The van der Waals surface area contributed by atoms with E-state index in [1.807, 2.05) is 146 Å². The average molecular weight is 667 g/mol. The van der Waals surface area contributed by atoms with Crippen molar-refractivity contribution in [1.29, 1.82) is 0 Å². The molecule has 6 rings (SSSR count). The summed E-state index contributed by atoms with van der Waals surface area (Å²) in [5.74, 6) is 2.78. The van der Waals surface area contributed by atoms with Gasteiger partial charge in [0.1, 0.15) is 49.8 Å². The van der Waals surface area contributed by atoms with Gasteiger partial charge in [0, 0.05) is 18.1 Å². The van der Waals surface area contributed by atoms with Crippen LogP contribution in [0.2, 0.25) is 0 Å². The van der Waals surface area contributed by atoms with E-state index in [9.17, 15) is 5.11 Å². The second-order valence-corrected chi connectivity index (χ2v) is 12.1. The molecule has 0 bridgehead atoms. The Bertz CT molecular complexity index is 1890. The van der Waals surface area contributed by atoms with Crippen molar-refractivity contribution >= 4 is 0 Å². The highest BCUT2D eigenvalue weighted by Crippen LogP contribution is 2.41. The van der Waals surface area contributed by atoms with Gasteiger partial charge < -0.3 is 28.8 Å². The maximum Gasteiger partial charge on any atom is 0.162 e. The van der Waals surface area contributed by atoms with Gasteiger partial charge in [0.05, 0.1) is 6.10 Å². The minimum absolute atomic E-state index is 0.301. The van der Waals surface area contributed by atoms with Crippen LogP contribution >= 0.6 is 0 Å². The molecular weight excluding hydrogens is 624 g/mol. The van der Waals surface area contributed by atoms with Crippen LogP contribution in [0.15, 0.2) is 175 Å². The zero-order valence-electron chi connectivity index (χ0n) is 28.2. The van der Waals surface area contributed by atoms with Crippen molar-refractivity contribution in [1.82, 2.24) is 0 Å². The van der Waals surface area contributed by atoms with Crippen molar-refractivity contribution in [2.75, 3.05) is 0 Å². The molecule has 2 unspecified atom stereocenters. The van der Waals surface area contributed by atoms with Gasteiger partial charge in [0.2, 0.25) is 0 Å².